The third kappa shape index (κ3) is 1.87. The zero-order valence-electron chi connectivity index (χ0n) is 12.5. The highest BCUT2D eigenvalue weighted by Crippen LogP contribution is 2.33. The van der Waals surface area contributed by atoms with E-state index in [1.54, 1.807) is 6.07 Å². The molecular formula is C22H14O. The van der Waals surface area contributed by atoms with Gasteiger partial charge in [-0.15, -0.1) is 0 Å². The molecule has 0 atom stereocenters. The van der Waals surface area contributed by atoms with Gasteiger partial charge in [-0.3, -0.25) is 0 Å². The molecule has 23 heavy (non-hydrogen) atoms. The van der Waals surface area contributed by atoms with Gasteiger partial charge in [-0.2, -0.15) is 0 Å². The van der Waals surface area contributed by atoms with Crippen molar-refractivity contribution >= 4 is 43.1 Å². The predicted molar refractivity (Wildman–Crippen MR) is 98.1 cm³/mol. The van der Waals surface area contributed by atoms with E-state index in [9.17, 15) is 5.11 Å². The molecule has 0 aliphatic rings. The first-order valence-electron chi connectivity index (χ1n) is 7.76. The van der Waals surface area contributed by atoms with Crippen LogP contribution in [0.25, 0.3) is 43.1 Å². The highest BCUT2D eigenvalue weighted by atomic mass is 16.3. The lowest BCUT2D eigenvalue weighted by atomic mass is 9.96. The van der Waals surface area contributed by atoms with E-state index >= 15 is 0 Å². The Balaban J connectivity index is 1.97. The SMILES string of the molecule is Oc1ccc2cc3c(ccc4cc5ccccc5cc43)cc2c1. The van der Waals surface area contributed by atoms with Gasteiger partial charge in [0.2, 0.25) is 0 Å². The molecule has 108 valence electrons. The summed E-state index contributed by atoms with van der Waals surface area (Å²) in [6.07, 6.45) is 0. The summed E-state index contributed by atoms with van der Waals surface area (Å²) < 4.78 is 0. The highest BCUT2D eigenvalue weighted by Gasteiger charge is 2.05. The second-order valence-electron chi connectivity index (χ2n) is 6.09. The van der Waals surface area contributed by atoms with Gasteiger partial charge in [0.05, 0.1) is 0 Å². The van der Waals surface area contributed by atoms with Crippen LogP contribution < -0.4 is 0 Å². The van der Waals surface area contributed by atoms with Crippen LogP contribution in [0.5, 0.6) is 5.75 Å². The molecule has 5 aromatic carbocycles. The largest absolute Gasteiger partial charge is 0.508 e. The summed E-state index contributed by atoms with van der Waals surface area (Å²) in [5.74, 6) is 0.309. The molecule has 1 nitrogen and oxygen atoms in total. The number of phenols is 1. The first-order valence-corrected chi connectivity index (χ1v) is 7.76. The van der Waals surface area contributed by atoms with Gasteiger partial charge >= 0.3 is 0 Å². The minimum atomic E-state index is 0.309. The van der Waals surface area contributed by atoms with Gasteiger partial charge in [-0.1, -0.05) is 42.5 Å². The van der Waals surface area contributed by atoms with Crippen molar-refractivity contribution in [3.05, 3.63) is 78.9 Å². The summed E-state index contributed by atoms with van der Waals surface area (Å²) >= 11 is 0. The number of benzene rings is 5. The normalized spacial score (nSPS) is 11.7. The lowest BCUT2D eigenvalue weighted by Crippen LogP contribution is -1.81. The van der Waals surface area contributed by atoms with E-state index in [0.717, 1.165) is 10.8 Å². The van der Waals surface area contributed by atoms with E-state index in [-0.39, 0.29) is 0 Å². The second kappa shape index (κ2) is 4.47. The maximum atomic E-state index is 9.69. The van der Waals surface area contributed by atoms with Crippen LogP contribution >= 0.6 is 0 Å². The van der Waals surface area contributed by atoms with Crippen molar-refractivity contribution in [3.63, 3.8) is 0 Å². The molecule has 0 aliphatic carbocycles. The Labute approximate surface area is 133 Å². The van der Waals surface area contributed by atoms with Crippen molar-refractivity contribution in [1.29, 1.82) is 0 Å². The Bertz CT molecular complexity index is 1220. The maximum Gasteiger partial charge on any atom is 0.116 e. The Morgan fingerprint density at radius 1 is 0.435 bits per heavy atom. The predicted octanol–water partition coefficient (Wildman–Crippen LogP) is 6.01. The fourth-order valence-corrected chi connectivity index (χ4v) is 3.48. The fourth-order valence-electron chi connectivity index (χ4n) is 3.48. The van der Waals surface area contributed by atoms with Gasteiger partial charge < -0.3 is 5.11 Å². The molecule has 0 bridgehead atoms. The lowest BCUT2D eigenvalue weighted by Gasteiger charge is -2.08. The van der Waals surface area contributed by atoms with Gasteiger partial charge in [0.1, 0.15) is 5.75 Å². The molecule has 0 saturated carbocycles. The fraction of sp³-hybridized carbons (Fsp3) is 0. The molecule has 0 amide bonds. The summed E-state index contributed by atoms with van der Waals surface area (Å²) in [5.41, 5.74) is 0. The Morgan fingerprint density at radius 3 is 1.65 bits per heavy atom. The molecule has 0 spiro atoms. The van der Waals surface area contributed by atoms with Crippen molar-refractivity contribution < 1.29 is 5.11 Å². The second-order valence-corrected chi connectivity index (χ2v) is 6.09. The van der Waals surface area contributed by atoms with Gasteiger partial charge in [0.25, 0.3) is 0 Å². The van der Waals surface area contributed by atoms with Gasteiger partial charge in [-0.05, 0) is 79.5 Å². The minimum Gasteiger partial charge on any atom is -0.508 e. The van der Waals surface area contributed by atoms with Crippen molar-refractivity contribution in [3.8, 4) is 5.75 Å². The van der Waals surface area contributed by atoms with E-state index in [4.69, 9.17) is 0 Å². The topological polar surface area (TPSA) is 20.2 Å². The molecule has 1 N–H and O–H groups in total. The quantitative estimate of drug-likeness (QED) is 0.274. The molecule has 0 radical (unpaired) electrons. The number of hydrogen-bond acceptors (Lipinski definition) is 1. The van der Waals surface area contributed by atoms with Crippen LogP contribution in [0.2, 0.25) is 0 Å². The van der Waals surface area contributed by atoms with Crippen LogP contribution in [-0.2, 0) is 0 Å². The van der Waals surface area contributed by atoms with Crippen molar-refractivity contribution in [2.24, 2.45) is 0 Å². The number of rotatable bonds is 0. The number of fused-ring (bicyclic) bond motifs is 5. The summed E-state index contributed by atoms with van der Waals surface area (Å²) in [6, 6.07) is 27.3. The highest BCUT2D eigenvalue weighted by molar-refractivity contribution is 6.15. The van der Waals surface area contributed by atoms with Crippen LogP contribution in [0.4, 0.5) is 0 Å². The van der Waals surface area contributed by atoms with Crippen molar-refractivity contribution in [2.75, 3.05) is 0 Å². The van der Waals surface area contributed by atoms with Crippen LogP contribution in [-0.4, -0.2) is 5.11 Å². The number of phenolic OH excluding ortho intramolecular Hbond substituents is 1. The molecule has 5 rings (SSSR count). The van der Waals surface area contributed by atoms with Crippen LogP contribution in [0.3, 0.4) is 0 Å². The van der Waals surface area contributed by atoms with Crippen molar-refractivity contribution in [2.45, 2.75) is 0 Å². The number of aromatic hydroxyl groups is 1. The molecule has 0 fully saturated rings. The molecule has 0 aromatic heterocycles. The van der Waals surface area contributed by atoms with Crippen LogP contribution in [0.15, 0.2) is 78.9 Å². The van der Waals surface area contributed by atoms with E-state index in [1.807, 2.05) is 12.1 Å². The minimum absolute atomic E-state index is 0.309. The summed E-state index contributed by atoms with van der Waals surface area (Å²) in [4.78, 5) is 0. The van der Waals surface area contributed by atoms with Gasteiger partial charge in [0.15, 0.2) is 0 Å². The molecule has 0 aliphatic heterocycles. The maximum absolute atomic E-state index is 9.69. The molecule has 0 heterocycles. The monoisotopic (exact) mass is 294 g/mol. The van der Waals surface area contributed by atoms with Gasteiger partial charge in [0, 0.05) is 0 Å². The lowest BCUT2D eigenvalue weighted by molar-refractivity contribution is 0.476. The summed E-state index contributed by atoms with van der Waals surface area (Å²) in [6.45, 7) is 0. The molecule has 5 aromatic rings. The zero-order chi connectivity index (χ0) is 15.4. The number of hydrogen-bond donors (Lipinski definition) is 1. The van der Waals surface area contributed by atoms with E-state index < -0.39 is 0 Å². The molecule has 0 unspecified atom stereocenters. The first-order chi connectivity index (χ1) is 11.3. The molecular weight excluding hydrogens is 280 g/mol. The Kier molecular flexibility index (Phi) is 2.42. The summed E-state index contributed by atoms with van der Waals surface area (Å²) in [7, 11) is 0. The van der Waals surface area contributed by atoms with Crippen molar-refractivity contribution in [1.82, 2.24) is 0 Å². The zero-order valence-corrected chi connectivity index (χ0v) is 12.5. The first kappa shape index (κ1) is 12.5. The smallest absolute Gasteiger partial charge is 0.116 e. The van der Waals surface area contributed by atoms with E-state index in [1.165, 1.54) is 32.3 Å². The molecule has 1 heteroatoms. The summed E-state index contributed by atoms with van der Waals surface area (Å²) in [5, 5.41) is 19.4. The Morgan fingerprint density at radius 2 is 0.957 bits per heavy atom. The average Bonchev–Trinajstić information content (AvgIpc) is 2.58. The average molecular weight is 294 g/mol. The molecule has 0 saturated heterocycles. The third-order valence-electron chi connectivity index (χ3n) is 4.64. The van der Waals surface area contributed by atoms with Crippen LogP contribution in [0.1, 0.15) is 0 Å². The van der Waals surface area contributed by atoms with E-state index in [0.29, 0.717) is 5.75 Å². The third-order valence-corrected chi connectivity index (χ3v) is 4.64. The van der Waals surface area contributed by atoms with E-state index in [2.05, 4.69) is 60.7 Å². The standard InChI is InChI=1S/C22H14O/c23-20-8-7-16-13-22-18(10-19(16)11-20)6-5-17-9-14-3-1-2-4-15(14)12-21(17)22/h1-13,23H. The van der Waals surface area contributed by atoms with Gasteiger partial charge in [-0.25, -0.2) is 0 Å². The van der Waals surface area contributed by atoms with Crippen LogP contribution in [0, 0.1) is 0 Å². The Hall–Kier alpha value is -3.06.